The van der Waals surface area contributed by atoms with E-state index in [1.54, 1.807) is 24.3 Å². The summed E-state index contributed by atoms with van der Waals surface area (Å²) in [5, 5.41) is 103. The number of phenolic OH excluding ortho intramolecular Hbond substituents is 9. The van der Waals surface area contributed by atoms with Crippen LogP contribution in [-0.4, -0.2) is 78.9 Å². The van der Waals surface area contributed by atoms with Crippen LogP contribution in [0.25, 0.3) is 66.0 Å². The number of aromatic nitrogens is 1. The molecule has 0 saturated carbocycles. The number of hydrogen-bond acceptors (Lipinski definition) is 11. The quantitative estimate of drug-likeness (QED) is 0.0779. The smallest absolute Gasteiger partial charge is 0.202 e. The Hall–Kier alpha value is -6.01. The van der Waals surface area contributed by atoms with Gasteiger partial charge >= 0.3 is 0 Å². The maximum absolute atomic E-state index is 11.4. The zero-order valence-electron chi connectivity index (χ0n) is 23.1. The maximum Gasteiger partial charge on any atom is 0.202 e. The number of fused-ring (bicyclic) bond motifs is 6. The van der Waals surface area contributed by atoms with Gasteiger partial charge in [0.15, 0.2) is 34.2 Å². The number of H-pyrrole nitrogens is 1. The van der Waals surface area contributed by atoms with E-state index in [2.05, 4.69) is 4.98 Å². The molecule has 0 aliphatic rings. The number of phenols is 9. The highest BCUT2D eigenvalue weighted by atomic mass is 16.4. The molecule has 0 fully saturated rings. The van der Waals surface area contributed by atoms with Crippen LogP contribution in [0.15, 0.2) is 46.9 Å². The second-order valence-corrected chi connectivity index (χ2v) is 10.1. The first kappa shape index (κ1) is 29.1. The monoisotopic (exact) mass is 605 g/mol. The van der Waals surface area contributed by atoms with Crippen molar-refractivity contribution < 1.29 is 55.5 Å². The summed E-state index contributed by atoms with van der Waals surface area (Å²) in [6, 6.07) is 10.5. The fourth-order valence-electron chi connectivity index (χ4n) is 5.64. The molecule has 7 aromatic rings. The van der Waals surface area contributed by atoms with Crippen molar-refractivity contribution in [3.05, 3.63) is 42.5 Å². The van der Waals surface area contributed by atoms with Gasteiger partial charge in [-0.3, -0.25) is 0 Å². The summed E-state index contributed by atoms with van der Waals surface area (Å²) in [6.45, 7) is 0. The highest BCUT2D eigenvalue weighted by Gasteiger charge is 2.30. The molecule has 222 valence electrons. The van der Waals surface area contributed by atoms with Gasteiger partial charge in [-0.05, 0) is 40.9 Å². The van der Waals surface area contributed by atoms with Crippen molar-refractivity contribution in [2.75, 3.05) is 7.11 Å². The van der Waals surface area contributed by atoms with Gasteiger partial charge in [0.2, 0.25) is 5.75 Å². The standard InChI is InChI=1S/C30H17B2NO10.CH4O/c31-11-7-13(34)20-16(22(11)36)15-12(33-20)5-4-10(21(15)35)8-2-1-3-9(6-8)14-23(37)17-18-25(39)26(40)19(32)27(41)29(18)43-30(17)28(42)24(14)38;1-2/h1-7,33-42H;2H,1H3. The van der Waals surface area contributed by atoms with Crippen molar-refractivity contribution in [1.82, 2.24) is 4.98 Å². The molecular weight excluding hydrogens is 584 g/mol. The topological polar surface area (TPSA) is 231 Å². The van der Waals surface area contributed by atoms with Gasteiger partial charge in [-0.25, -0.2) is 0 Å². The normalized spacial score (nSPS) is 11.4. The third-order valence-electron chi connectivity index (χ3n) is 7.70. The number of aromatic hydroxyl groups is 9. The van der Waals surface area contributed by atoms with E-state index in [0.717, 1.165) is 7.11 Å². The van der Waals surface area contributed by atoms with Crippen LogP contribution in [0.2, 0.25) is 0 Å². The summed E-state index contributed by atoms with van der Waals surface area (Å²) in [5.41, 5.74) is -0.602. The Labute approximate surface area is 254 Å². The minimum absolute atomic E-state index is 0.0963. The maximum atomic E-state index is 11.4. The lowest BCUT2D eigenvalue weighted by Crippen LogP contribution is -2.03. The van der Waals surface area contributed by atoms with E-state index < -0.39 is 51.1 Å². The Morgan fingerprint density at radius 2 is 1.22 bits per heavy atom. The predicted octanol–water partition coefficient (Wildman–Crippen LogP) is 3.10. The number of furan rings is 1. The summed E-state index contributed by atoms with van der Waals surface area (Å²) >= 11 is 0. The van der Waals surface area contributed by atoms with Crippen LogP contribution in [0.5, 0.6) is 51.7 Å². The Bertz CT molecular complexity index is 2380. The van der Waals surface area contributed by atoms with E-state index in [1.807, 2.05) is 0 Å². The molecule has 0 aliphatic heterocycles. The molecule has 7 rings (SSSR count). The van der Waals surface area contributed by atoms with Gasteiger partial charge in [-0.15, -0.1) is 0 Å². The van der Waals surface area contributed by atoms with Gasteiger partial charge in [0.25, 0.3) is 0 Å². The minimum Gasteiger partial charge on any atom is -0.508 e. The molecule has 11 N–H and O–H groups in total. The second-order valence-electron chi connectivity index (χ2n) is 10.1. The van der Waals surface area contributed by atoms with Crippen LogP contribution >= 0.6 is 0 Å². The van der Waals surface area contributed by atoms with Gasteiger partial charge in [-0.2, -0.15) is 0 Å². The van der Waals surface area contributed by atoms with E-state index in [1.165, 1.54) is 18.2 Å². The molecule has 2 aromatic heterocycles. The first-order valence-electron chi connectivity index (χ1n) is 13.0. The number of aliphatic hydroxyl groups is 1. The number of hydrogen-bond donors (Lipinski definition) is 11. The predicted molar refractivity (Wildman–Crippen MR) is 168 cm³/mol. The van der Waals surface area contributed by atoms with E-state index in [-0.39, 0.29) is 66.5 Å². The molecule has 0 saturated heterocycles. The van der Waals surface area contributed by atoms with E-state index >= 15 is 0 Å². The van der Waals surface area contributed by atoms with Crippen LogP contribution < -0.4 is 10.9 Å². The molecule has 12 nitrogen and oxygen atoms in total. The SMILES string of the molecule is CO.[B]c1cc(O)c2[nH]c3ccc(-c4cccc(-c5c(O)c(O)c6oc7c(O)c([B])c(O)c(O)c7c6c5O)c4)c(O)c3c2c1O. The van der Waals surface area contributed by atoms with Crippen LogP contribution in [-0.2, 0) is 0 Å². The Morgan fingerprint density at radius 3 is 1.93 bits per heavy atom. The van der Waals surface area contributed by atoms with Crippen molar-refractivity contribution >= 4 is 70.4 Å². The molecule has 45 heavy (non-hydrogen) atoms. The van der Waals surface area contributed by atoms with Gasteiger partial charge in [0.1, 0.15) is 38.7 Å². The molecule has 0 amide bonds. The molecule has 0 unspecified atom stereocenters. The first-order chi connectivity index (χ1) is 21.4. The van der Waals surface area contributed by atoms with E-state index in [0.29, 0.717) is 11.1 Å². The van der Waals surface area contributed by atoms with Crippen LogP contribution in [0, 0.1) is 0 Å². The number of aliphatic hydroxyl groups excluding tert-OH is 1. The number of aromatic amines is 1. The van der Waals surface area contributed by atoms with Gasteiger partial charge in [0.05, 0.1) is 38.1 Å². The van der Waals surface area contributed by atoms with Gasteiger partial charge < -0.3 is 60.5 Å². The third kappa shape index (κ3) is 3.85. The number of benzene rings is 5. The lowest BCUT2D eigenvalue weighted by molar-refractivity contribution is 0.397. The molecule has 0 aliphatic carbocycles. The summed E-state index contributed by atoms with van der Waals surface area (Å²) in [7, 11) is 12.4. The lowest BCUT2D eigenvalue weighted by atomic mass is 9.90. The zero-order chi connectivity index (χ0) is 32.6. The average molecular weight is 605 g/mol. The molecule has 0 atom stereocenters. The largest absolute Gasteiger partial charge is 0.508 e. The van der Waals surface area contributed by atoms with Crippen LogP contribution in [0.4, 0.5) is 0 Å². The Morgan fingerprint density at radius 1 is 0.578 bits per heavy atom. The number of nitrogens with one attached hydrogen (secondary N) is 1. The molecule has 0 bridgehead atoms. The van der Waals surface area contributed by atoms with Gasteiger partial charge in [-0.1, -0.05) is 23.7 Å². The summed E-state index contributed by atoms with van der Waals surface area (Å²) < 4.78 is 5.43. The average Bonchev–Trinajstić information content (AvgIpc) is 3.63. The third-order valence-corrected chi connectivity index (χ3v) is 7.70. The minimum atomic E-state index is -0.882. The highest BCUT2D eigenvalue weighted by Crippen LogP contribution is 2.56. The second kappa shape index (κ2) is 10.0. The van der Waals surface area contributed by atoms with Crippen LogP contribution in [0.3, 0.4) is 0 Å². The van der Waals surface area contributed by atoms with Crippen molar-refractivity contribution in [1.29, 1.82) is 0 Å². The molecule has 4 radical (unpaired) electrons. The lowest BCUT2D eigenvalue weighted by Gasteiger charge is -2.13. The number of rotatable bonds is 2. The van der Waals surface area contributed by atoms with Crippen molar-refractivity contribution in [2.45, 2.75) is 0 Å². The van der Waals surface area contributed by atoms with Crippen molar-refractivity contribution in [2.24, 2.45) is 0 Å². The first-order valence-corrected chi connectivity index (χ1v) is 13.0. The fraction of sp³-hybridized carbons (Fsp3) is 0.0323. The fourth-order valence-corrected chi connectivity index (χ4v) is 5.64. The summed E-state index contributed by atoms with van der Waals surface area (Å²) in [5.74, 6) is -5.63. The van der Waals surface area contributed by atoms with Crippen LogP contribution in [0.1, 0.15) is 0 Å². The molecule has 0 spiro atoms. The van der Waals surface area contributed by atoms with Crippen molar-refractivity contribution in [3.8, 4) is 74.0 Å². The molecule has 5 aromatic carbocycles. The highest BCUT2D eigenvalue weighted by molar-refractivity contribution is 6.39. The Kier molecular flexibility index (Phi) is 6.48. The zero-order valence-corrected chi connectivity index (χ0v) is 23.1. The summed E-state index contributed by atoms with van der Waals surface area (Å²) in [6.07, 6.45) is 0. The van der Waals surface area contributed by atoms with Gasteiger partial charge in [0, 0.05) is 12.7 Å². The van der Waals surface area contributed by atoms with E-state index in [9.17, 15) is 46.0 Å². The molecule has 14 heteroatoms. The molecule has 2 heterocycles. The Balaban J connectivity index is 0.00000175. The van der Waals surface area contributed by atoms with Crippen molar-refractivity contribution in [3.63, 3.8) is 0 Å². The summed E-state index contributed by atoms with van der Waals surface area (Å²) in [4.78, 5) is 2.94. The van der Waals surface area contributed by atoms with E-state index in [4.69, 9.17) is 25.2 Å². The molecular formula is C31H21B2NO11.